The number of nitrogens with one attached hydrogen (secondary N) is 1. The molecule has 5 heteroatoms. The third kappa shape index (κ3) is 2.87. The number of nitrogens with zero attached hydrogens (tertiary/aromatic N) is 2. The van der Waals surface area contributed by atoms with Crippen molar-refractivity contribution in [1.29, 1.82) is 0 Å². The summed E-state index contributed by atoms with van der Waals surface area (Å²) in [5.41, 5.74) is 4.17. The van der Waals surface area contributed by atoms with Crippen molar-refractivity contribution in [2.45, 2.75) is 13.8 Å². The number of fused-ring (bicyclic) bond motifs is 1. The van der Waals surface area contributed by atoms with Crippen LogP contribution in [-0.4, -0.2) is 9.97 Å². The zero-order valence-electron chi connectivity index (χ0n) is 13.9. The Morgan fingerprint density at radius 2 is 1.72 bits per heavy atom. The molecular formula is C20H16FN3S. The second-order valence-electron chi connectivity index (χ2n) is 5.88. The molecule has 0 atom stereocenters. The van der Waals surface area contributed by atoms with Gasteiger partial charge in [-0.25, -0.2) is 14.4 Å². The number of aromatic nitrogens is 2. The van der Waals surface area contributed by atoms with Crippen LogP contribution >= 0.6 is 11.3 Å². The molecule has 2 aromatic carbocycles. The van der Waals surface area contributed by atoms with Crippen molar-refractivity contribution in [1.82, 2.24) is 9.97 Å². The summed E-state index contributed by atoms with van der Waals surface area (Å²) in [4.78, 5) is 10.9. The van der Waals surface area contributed by atoms with Gasteiger partial charge in [0.15, 0.2) is 0 Å². The molecule has 0 fully saturated rings. The number of hydrogen-bond acceptors (Lipinski definition) is 4. The van der Waals surface area contributed by atoms with Crippen molar-refractivity contribution >= 4 is 33.1 Å². The summed E-state index contributed by atoms with van der Waals surface area (Å²) in [7, 11) is 0. The maximum Gasteiger partial charge on any atom is 0.143 e. The van der Waals surface area contributed by atoms with Crippen molar-refractivity contribution in [3.8, 4) is 11.1 Å². The van der Waals surface area contributed by atoms with Gasteiger partial charge in [-0.1, -0.05) is 30.3 Å². The normalized spacial score (nSPS) is 11.0. The molecule has 0 saturated carbocycles. The molecule has 0 unspecified atom stereocenters. The predicted molar refractivity (Wildman–Crippen MR) is 102 cm³/mol. The van der Waals surface area contributed by atoms with Crippen molar-refractivity contribution in [3.63, 3.8) is 0 Å². The third-order valence-corrected chi connectivity index (χ3v) is 5.21. The molecule has 0 aliphatic rings. The lowest BCUT2D eigenvalue weighted by Gasteiger charge is -2.11. The quantitative estimate of drug-likeness (QED) is 0.503. The van der Waals surface area contributed by atoms with Gasteiger partial charge < -0.3 is 5.32 Å². The lowest BCUT2D eigenvalue weighted by molar-refractivity contribution is 0.628. The van der Waals surface area contributed by atoms with Crippen LogP contribution in [0.5, 0.6) is 0 Å². The smallest absolute Gasteiger partial charge is 0.143 e. The summed E-state index contributed by atoms with van der Waals surface area (Å²) in [5.74, 6) is 0.526. The Morgan fingerprint density at radius 1 is 0.960 bits per heavy atom. The molecule has 0 aliphatic carbocycles. The van der Waals surface area contributed by atoms with Crippen LogP contribution in [0.15, 0.2) is 54.9 Å². The molecule has 1 N–H and O–H groups in total. The van der Waals surface area contributed by atoms with E-state index in [0.717, 1.165) is 43.3 Å². The van der Waals surface area contributed by atoms with E-state index in [-0.39, 0.29) is 5.82 Å². The van der Waals surface area contributed by atoms with Gasteiger partial charge in [-0.15, -0.1) is 11.3 Å². The topological polar surface area (TPSA) is 37.8 Å². The summed E-state index contributed by atoms with van der Waals surface area (Å²) >= 11 is 1.62. The molecule has 0 radical (unpaired) electrons. The van der Waals surface area contributed by atoms with E-state index in [0.29, 0.717) is 0 Å². The molecule has 25 heavy (non-hydrogen) atoms. The van der Waals surface area contributed by atoms with Gasteiger partial charge >= 0.3 is 0 Å². The number of halogens is 1. The first-order valence-electron chi connectivity index (χ1n) is 7.96. The minimum absolute atomic E-state index is 0.240. The fourth-order valence-corrected chi connectivity index (χ4v) is 3.96. The van der Waals surface area contributed by atoms with Gasteiger partial charge in [0.2, 0.25) is 0 Å². The number of anilines is 2. The van der Waals surface area contributed by atoms with Gasteiger partial charge in [0.25, 0.3) is 0 Å². The van der Waals surface area contributed by atoms with E-state index in [1.807, 2.05) is 18.2 Å². The number of aryl methyl sites for hydroxylation is 2. The first-order valence-corrected chi connectivity index (χ1v) is 8.78. The van der Waals surface area contributed by atoms with E-state index < -0.39 is 0 Å². The van der Waals surface area contributed by atoms with Crippen molar-refractivity contribution in [2.24, 2.45) is 0 Å². The number of thiophene rings is 1. The second kappa shape index (κ2) is 6.26. The summed E-state index contributed by atoms with van der Waals surface area (Å²) in [5, 5.41) is 4.40. The van der Waals surface area contributed by atoms with Gasteiger partial charge in [0, 0.05) is 16.1 Å². The molecular weight excluding hydrogens is 333 g/mol. The molecule has 0 saturated heterocycles. The van der Waals surface area contributed by atoms with Gasteiger partial charge in [-0.2, -0.15) is 0 Å². The predicted octanol–water partition coefficient (Wildman–Crippen LogP) is 5.86. The molecule has 2 aromatic heterocycles. The Hall–Kier alpha value is -2.79. The lowest BCUT2D eigenvalue weighted by Crippen LogP contribution is -1.97. The Labute approximate surface area is 149 Å². The first-order chi connectivity index (χ1) is 12.1. The van der Waals surface area contributed by atoms with Crippen molar-refractivity contribution in [3.05, 3.63) is 71.1 Å². The Bertz CT molecular complexity index is 1050. The maximum atomic E-state index is 13.3. The van der Waals surface area contributed by atoms with Gasteiger partial charge in [-0.05, 0) is 43.2 Å². The van der Waals surface area contributed by atoms with E-state index in [9.17, 15) is 4.39 Å². The fourth-order valence-electron chi connectivity index (χ4n) is 2.94. The van der Waals surface area contributed by atoms with Crippen LogP contribution in [0.2, 0.25) is 0 Å². The summed E-state index contributed by atoms with van der Waals surface area (Å²) in [6.45, 7) is 4.11. The molecule has 0 amide bonds. The van der Waals surface area contributed by atoms with Crippen LogP contribution in [0.3, 0.4) is 0 Å². The van der Waals surface area contributed by atoms with Gasteiger partial charge in [0.05, 0.1) is 5.39 Å². The van der Waals surface area contributed by atoms with E-state index in [4.69, 9.17) is 0 Å². The molecule has 3 nitrogen and oxygen atoms in total. The average molecular weight is 349 g/mol. The van der Waals surface area contributed by atoms with Gasteiger partial charge in [0.1, 0.15) is 22.8 Å². The fraction of sp³-hybridized carbons (Fsp3) is 0.100. The number of benzene rings is 2. The zero-order valence-corrected chi connectivity index (χ0v) is 14.7. The Kier molecular flexibility index (Phi) is 3.93. The van der Waals surface area contributed by atoms with Crippen molar-refractivity contribution < 1.29 is 4.39 Å². The van der Waals surface area contributed by atoms with Crippen LogP contribution in [-0.2, 0) is 0 Å². The third-order valence-electron chi connectivity index (χ3n) is 4.20. The highest BCUT2D eigenvalue weighted by Gasteiger charge is 2.17. The van der Waals surface area contributed by atoms with E-state index in [1.54, 1.807) is 29.8 Å². The molecule has 0 spiro atoms. The molecule has 0 bridgehead atoms. The monoisotopic (exact) mass is 349 g/mol. The van der Waals surface area contributed by atoms with Crippen LogP contribution in [0.4, 0.5) is 15.9 Å². The van der Waals surface area contributed by atoms with Crippen LogP contribution in [0.1, 0.15) is 10.4 Å². The summed E-state index contributed by atoms with van der Waals surface area (Å²) in [6.07, 6.45) is 1.58. The zero-order chi connectivity index (χ0) is 17.4. The first kappa shape index (κ1) is 15.7. The summed E-state index contributed by atoms with van der Waals surface area (Å²) < 4.78 is 13.3. The Balaban J connectivity index is 1.91. The molecule has 2 heterocycles. The van der Waals surface area contributed by atoms with Crippen molar-refractivity contribution in [2.75, 3.05) is 5.32 Å². The number of para-hydroxylation sites is 1. The SMILES string of the molecule is Cc1ccccc1Nc1ncnc2sc(C)c(-c3ccc(F)cc3)c12. The highest BCUT2D eigenvalue weighted by atomic mass is 32.1. The van der Waals surface area contributed by atoms with Crippen LogP contribution in [0.25, 0.3) is 21.3 Å². The highest BCUT2D eigenvalue weighted by Crippen LogP contribution is 2.41. The van der Waals surface area contributed by atoms with Crippen LogP contribution < -0.4 is 5.32 Å². The largest absolute Gasteiger partial charge is 0.339 e. The van der Waals surface area contributed by atoms with Crippen LogP contribution in [0, 0.1) is 19.7 Å². The molecule has 4 rings (SSSR count). The molecule has 124 valence electrons. The van der Waals surface area contributed by atoms with E-state index in [2.05, 4.69) is 35.2 Å². The number of rotatable bonds is 3. The van der Waals surface area contributed by atoms with E-state index in [1.165, 1.54) is 12.1 Å². The number of hydrogen-bond donors (Lipinski definition) is 1. The van der Waals surface area contributed by atoms with E-state index >= 15 is 0 Å². The maximum absolute atomic E-state index is 13.3. The lowest BCUT2D eigenvalue weighted by atomic mass is 10.0. The molecule has 0 aliphatic heterocycles. The minimum Gasteiger partial charge on any atom is -0.339 e. The summed E-state index contributed by atoms with van der Waals surface area (Å²) in [6, 6.07) is 14.7. The molecule has 4 aromatic rings. The highest BCUT2D eigenvalue weighted by molar-refractivity contribution is 7.19. The van der Waals surface area contributed by atoms with Gasteiger partial charge in [-0.3, -0.25) is 0 Å². The average Bonchev–Trinajstić information content (AvgIpc) is 2.95. The minimum atomic E-state index is -0.240. The second-order valence-corrected chi connectivity index (χ2v) is 7.09. The standard InChI is InChI=1S/C20H16FN3S/c1-12-5-3-4-6-16(12)24-19-18-17(14-7-9-15(21)10-8-14)13(2)25-20(18)23-11-22-19/h3-11H,1-2H3,(H,22,23,24). The Morgan fingerprint density at radius 3 is 2.48 bits per heavy atom.